The van der Waals surface area contributed by atoms with Gasteiger partial charge in [-0.05, 0) is 37.0 Å². The Morgan fingerprint density at radius 2 is 2.27 bits per heavy atom. The molecule has 15 heavy (non-hydrogen) atoms. The van der Waals surface area contributed by atoms with E-state index < -0.39 is 0 Å². The number of nitrogens with one attached hydrogen (secondary N) is 1. The summed E-state index contributed by atoms with van der Waals surface area (Å²) in [5, 5.41) is 12.6. The number of nitrogens with zero attached hydrogens (tertiary/aromatic N) is 1. The van der Waals surface area contributed by atoms with Crippen molar-refractivity contribution in [1.29, 1.82) is 5.26 Å². The highest BCUT2D eigenvalue weighted by Gasteiger charge is 2.16. The highest BCUT2D eigenvalue weighted by molar-refractivity contribution is 6.32. The van der Waals surface area contributed by atoms with Gasteiger partial charge in [0.1, 0.15) is 6.07 Å². The van der Waals surface area contributed by atoms with Crippen molar-refractivity contribution in [2.75, 3.05) is 11.9 Å². The van der Waals surface area contributed by atoms with E-state index in [1.807, 2.05) is 18.2 Å². The molecule has 3 heteroatoms. The van der Waals surface area contributed by atoms with Gasteiger partial charge in [0.25, 0.3) is 0 Å². The summed E-state index contributed by atoms with van der Waals surface area (Å²) in [4.78, 5) is 0. The predicted octanol–water partition coefficient (Wildman–Crippen LogP) is 3.42. The molecule has 1 aromatic carbocycles. The van der Waals surface area contributed by atoms with Gasteiger partial charge >= 0.3 is 0 Å². The third-order valence-corrected chi connectivity index (χ3v) is 3.22. The Balaban J connectivity index is 1.97. The number of hydrogen-bond acceptors (Lipinski definition) is 2. The van der Waals surface area contributed by atoms with E-state index in [0.29, 0.717) is 10.6 Å². The van der Waals surface area contributed by atoms with Gasteiger partial charge in [-0.15, -0.1) is 0 Å². The molecule has 1 aliphatic carbocycles. The van der Waals surface area contributed by atoms with Gasteiger partial charge in [0.05, 0.1) is 10.6 Å². The molecule has 1 fully saturated rings. The maximum atomic E-state index is 8.72. The van der Waals surface area contributed by atoms with E-state index in [1.54, 1.807) is 6.07 Å². The normalized spacial score (nSPS) is 15.5. The van der Waals surface area contributed by atoms with E-state index in [2.05, 4.69) is 5.32 Å². The summed E-state index contributed by atoms with van der Waals surface area (Å²) in [5.41, 5.74) is 1.54. The van der Waals surface area contributed by atoms with E-state index in [1.165, 1.54) is 19.3 Å². The zero-order valence-electron chi connectivity index (χ0n) is 8.46. The van der Waals surface area contributed by atoms with Crippen LogP contribution in [0.5, 0.6) is 0 Å². The highest BCUT2D eigenvalue weighted by Crippen LogP contribution is 2.27. The van der Waals surface area contributed by atoms with Gasteiger partial charge < -0.3 is 5.32 Å². The maximum absolute atomic E-state index is 8.72. The lowest BCUT2D eigenvalue weighted by Crippen LogP contribution is -2.20. The fourth-order valence-corrected chi connectivity index (χ4v) is 1.90. The molecule has 1 N–H and O–H groups in total. The molecule has 2 nitrogen and oxygen atoms in total. The lowest BCUT2D eigenvalue weighted by Gasteiger charge is -2.25. The molecule has 0 unspecified atom stereocenters. The smallest absolute Gasteiger partial charge is 0.101 e. The van der Waals surface area contributed by atoms with Crippen molar-refractivity contribution in [3.05, 3.63) is 28.8 Å². The third-order valence-electron chi connectivity index (χ3n) is 2.91. The molecule has 1 aromatic rings. The average molecular weight is 221 g/mol. The van der Waals surface area contributed by atoms with Crippen LogP contribution in [0.4, 0.5) is 5.69 Å². The van der Waals surface area contributed by atoms with Crippen LogP contribution < -0.4 is 5.32 Å². The molecule has 1 saturated carbocycles. The Hall–Kier alpha value is -1.20. The molecule has 0 atom stereocenters. The van der Waals surface area contributed by atoms with Crippen LogP contribution in [0.1, 0.15) is 24.8 Å². The fourth-order valence-electron chi connectivity index (χ4n) is 1.67. The zero-order valence-corrected chi connectivity index (χ0v) is 9.22. The van der Waals surface area contributed by atoms with E-state index in [-0.39, 0.29) is 0 Å². The number of hydrogen-bond donors (Lipinski definition) is 1. The summed E-state index contributed by atoms with van der Waals surface area (Å²) < 4.78 is 0. The molecule has 0 bridgehead atoms. The predicted molar refractivity (Wildman–Crippen MR) is 62.0 cm³/mol. The number of benzene rings is 1. The Bertz CT molecular complexity index is 391. The average Bonchev–Trinajstić information content (AvgIpc) is 2.16. The second kappa shape index (κ2) is 4.55. The lowest BCUT2D eigenvalue weighted by atomic mass is 9.85. The van der Waals surface area contributed by atoms with E-state index >= 15 is 0 Å². The van der Waals surface area contributed by atoms with Crippen LogP contribution in [0.15, 0.2) is 18.2 Å². The topological polar surface area (TPSA) is 35.8 Å². The van der Waals surface area contributed by atoms with Gasteiger partial charge in [-0.2, -0.15) is 5.26 Å². The van der Waals surface area contributed by atoms with Gasteiger partial charge in [-0.3, -0.25) is 0 Å². The SMILES string of the molecule is N#Cc1ccc(NCC2CCC2)cc1Cl. The number of halogens is 1. The zero-order chi connectivity index (χ0) is 10.7. The number of rotatable bonds is 3. The van der Waals surface area contributed by atoms with Crippen LogP contribution in [-0.2, 0) is 0 Å². The number of anilines is 1. The van der Waals surface area contributed by atoms with E-state index in [9.17, 15) is 0 Å². The van der Waals surface area contributed by atoms with Crippen molar-refractivity contribution < 1.29 is 0 Å². The van der Waals surface area contributed by atoms with E-state index in [0.717, 1.165) is 18.2 Å². The Morgan fingerprint density at radius 1 is 1.47 bits per heavy atom. The van der Waals surface area contributed by atoms with Crippen LogP contribution in [0.3, 0.4) is 0 Å². The van der Waals surface area contributed by atoms with Crippen molar-refractivity contribution >= 4 is 17.3 Å². The first-order valence-corrected chi connectivity index (χ1v) is 5.61. The molecular weight excluding hydrogens is 208 g/mol. The van der Waals surface area contributed by atoms with Crippen molar-refractivity contribution in [3.63, 3.8) is 0 Å². The molecule has 0 radical (unpaired) electrons. The van der Waals surface area contributed by atoms with Crippen LogP contribution in [0.25, 0.3) is 0 Å². The Labute approximate surface area is 94.9 Å². The minimum Gasteiger partial charge on any atom is -0.385 e. The summed E-state index contributed by atoms with van der Waals surface area (Å²) in [5.74, 6) is 0.819. The van der Waals surface area contributed by atoms with Crippen molar-refractivity contribution in [2.24, 2.45) is 5.92 Å². The van der Waals surface area contributed by atoms with Crippen molar-refractivity contribution in [3.8, 4) is 6.07 Å². The largest absolute Gasteiger partial charge is 0.385 e. The summed E-state index contributed by atoms with van der Waals surface area (Å²) in [6.45, 7) is 1.02. The lowest BCUT2D eigenvalue weighted by molar-refractivity contribution is 0.333. The first kappa shape index (κ1) is 10.3. The third kappa shape index (κ3) is 2.43. The van der Waals surface area contributed by atoms with Crippen LogP contribution >= 0.6 is 11.6 Å². The van der Waals surface area contributed by atoms with Gasteiger partial charge in [0.2, 0.25) is 0 Å². The van der Waals surface area contributed by atoms with Gasteiger partial charge in [-0.1, -0.05) is 18.0 Å². The minimum atomic E-state index is 0.524. The molecule has 0 aliphatic heterocycles. The molecule has 0 aromatic heterocycles. The summed E-state index contributed by atoms with van der Waals surface area (Å²) in [6, 6.07) is 7.53. The Kier molecular flexibility index (Phi) is 3.13. The van der Waals surface area contributed by atoms with Crippen molar-refractivity contribution in [2.45, 2.75) is 19.3 Å². The minimum absolute atomic E-state index is 0.524. The Morgan fingerprint density at radius 3 is 2.80 bits per heavy atom. The monoisotopic (exact) mass is 220 g/mol. The second-order valence-corrected chi connectivity index (χ2v) is 4.39. The molecule has 0 saturated heterocycles. The van der Waals surface area contributed by atoms with Crippen LogP contribution in [0, 0.1) is 17.2 Å². The summed E-state index contributed by atoms with van der Waals surface area (Å²) in [6.07, 6.45) is 4.02. The molecule has 2 rings (SSSR count). The second-order valence-electron chi connectivity index (χ2n) is 3.98. The van der Waals surface area contributed by atoms with Crippen LogP contribution in [0.2, 0.25) is 5.02 Å². The fraction of sp³-hybridized carbons (Fsp3) is 0.417. The quantitative estimate of drug-likeness (QED) is 0.847. The van der Waals surface area contributed by atoms with Gasteiger partial charge in [-0.25, -0.2) is 0 Å². The first-order valence-electron chi connectivity index (χ1n) is 5.23. The van der Waals surface area contributed by atoms with Gasteiger partial charge in [0, 0.05) is 12.2 Å². The van der Waals surface area contributed by atoms with E-state index in [4.69, 9.17) is 16.9 Å². The van der Waals surface area contributed by atoms with Crippen LogP contribution in [-0.4, -0.2) is 6.54 Å². The summed E-state index contributed by atoms with van der Waals surface area (Å²) in [7, 11) is 0. The molecule has 0 heterocycles. The molecular formula is C12H13ClN2. The molecule has 0 spiro atoms. The van der Waals surface area contributed by atoms with Crippen molar-refractivity contribution in [1.82, 2.24) is 0 Å². The first-order chi connectivity index (χ1) is 7.29. The molecule has 1 aliphatic rings. The molecule has 0 amide bonds. The standard InChI is InChI=1S/C12H13ClN2/c13-12-6-11(5-4-10(12)7-14)15-8-9-2-1-3-9/h4-6,9,15H,1-3,8H2. The maximum Gasteiger partial charge on any atom is 0.101 e. The summed E-state index contributed by atoms with van der Waals surface area (Å²) >= 11 is 5.93. The number of nitriles is 1. The van der Waals surface area contributed by atoms with Gasteiger partial charge in [0.15, 0.2) is 0 Å². The molecule has 78 valence electrons. The highest BCUT2D eigenvalue weighted by atomic mass is 35.5.